The fourth-order valence-electron chi connectivity index (χ4n) is 1.08. The summed E-state index contributed by atoms with van der Waals surface area (Å²) in [5.41, 5.74) is 0. The largest absolute Gasteiger partial charge is 0.475 e. The van der Waals surface area contributed by atoms with E-state index in [9.17, 15) is 0 Å². The van der Waals surface area contributed by atoms with Crippen LogP contribution in [0.15, 0.2) is 12.4 Å². The molecule has 0 radical (unpaired) electrons. The van der Waals surface area contributed by atoms with Crippen LogP contribution in [0.4, 0.5) is 5.82 Å². The normalized spacial score (nSPS) is 12.6. The Balaban J connectivity index is 2.65. The highest BCUT2D eigenvalue weighted by Crippen LogP contribution is 2.13. The van der Waals surface area contributed by atoms with E-state index in [1.807, 2.05) is 19.9 Å². The summed E-state index contributed by atoms with van der Waals surface area (Å²) in [4.78, 5) is 8.17. The first kappa shape index (κ1) is 11.8. The maximum atomic E-state index is 5.48. The highest BCUT2D eigenvalue weighted by atomic mass is 16.5. The Bertz CT molecular complexity index is 302. The molecule has 0 aromatic carbocycles. The third-order valence-corrected chi connectivity index (χ3v) is 2.01. The van der Waals surface area contributed by atoms with Gasteiger partial charge in [-0.2, -0.15) is 0 Å². The van der Waals surface area contributed by atoms with Crippen molar-refractivity contribution in [2.45, 2.75) is 46.3 Å². The Morgan fingerprint density at radius 2 is 2.07 bits per heavy atom. The highest BCUT2D eigenvalue weighted by molar-refractivity contribution is 5.37. The summed E-state index contributed by atoms with van der Waals surface area (Å²) in [6.07, 6.45) is 2.71. The van der Waals surface area contributed by atoms with Crippen LogP contribution >= 0.6 is 0 Å². The van der Waals surface area contributed by atoms with Crippen molar-refractivity contribution >= 4 is 5.82 Å². The average molecular weight is 209 g/mol. The van der Waals surface area contributed by atoms with E-state index in [0.29, 0.717) is 11.9 Å². The van der Waals surface area contributed by atoms with Crippen molar-refractivity contribution in [2.75, 3.05) is 5.32 Å². The first-order valence-corrected chi connectivity index (χ1v) is 5.37. The van der Waals surface area contributed by atoms with Crippen molar-refractivity contribution < 1.29 is 4.74 Å². The van der Waals surface area contributed by atoms with Gasteiger partial charge in [-0.1, -0.05) is 6.92 Å². The molecular weight excluding hydrogens is 190 g/mol. The van der Waals surface area contributed by atoms with Crippen LogP contribution in [0.25, 0.3) is 0 Å². The van der Waals surface area contributed by atoms with E-state index < -0.39 is 0 Å². The van der Waals surface area contributed by atoms with Crippen LogP contribution in [-0.2, 0) is 0 Å². The van der Waals surface area contributed by atoms with Crippen LogP contribution in [0, 0.1) is 0 Å². The van der Waals surface area contributed by atoms with Crippen LogP contribution in [0.2, 0.25) is 0 Å². The van der Waals surface area contributed by atoms with Crippen molar-refractivity contribution in [1.82, 2.24) is 9.97 Å². The van der Waals surface area contributed by atoms with Crippen molar-refractivity contribution in [3.8, 4) is 5.88 Å². The van der Waals surface area contributed by atoms with Crippen LogP contribution in [0.5, 0.6) is 5.88 Å². The molecule has 1 rings (SSSR count). The van der Waals surface area contributed by atoms with E-state index in [4.69, 9.17) is 4.74 Å². The van der Waals surface area contributed by atoms with Crippen LogP contribution in [0.1, 0.15) is 34.1 Å². The molecule has 1 N–H and O–H groups in total. The lowest BCUT2D eigenvalue weighted by molar-refractivity contribution is 0.232. The second-order valence-electron chi connectivity index (χ2n) is 3.86. The Morgan fingerprint density at radius 1 is 1.33 bits per heavy atom. The van der Waals surface area contributed by atoms with Gasteiger partial charge in [0.05, 0.1) is 6.10 Å². The molecule has 84 valence electrons. The molecule has 0 amide bonds. The van der Waals surface area contributed by atoms with Crippen molar-refractivity contribution in [3.05, 3.63) is 12.4 Å². The number of anilines is 1. The number of nitrogens with zero attached hydrogens (tertiary/aromatic N) is 2. The van der Waals surface area contributed by atoms with Gasteiger partial charge >= 0.3 is 0 Å². The topological polar surface area (TPSA) is 47.0 Å². The van der Waals surface area contributed by atoms with Gasteiger partial charge in [0.1, 0.15) is 12.1 Å². The molecule has 1 atom stereocenters. The molecule has 0 saturated carbocycles. The Morgan fingerprint density at radius 3 is 2.67 bits per heavy atom. The molecule has 4 heteroatoms. The highest BCUT2D eigenvalue weighted by Gasteiger charge is 2.03. The number of nitrogens with one attached hydrogen (secondary N) is 1. The minimum atomic E-state index is 0.136. The lowest BCUT2D eigenvalue weighted by atomic mass is 10.2. The van der Waals surface area contributed by atoms with Gasteiger partial charge in [-0.3, -0.25) is 0 Å². The molecule has 0 aliphatic heterocycles. The maximum Gasteiger partial charge on any atom is 0.218 e. The quantitative estimate of drug-likeness (QED) is 0.809. The SMILES string of the molecule is CCC(C)Nc1cc(OC(C)C)ncn1. The van der Waals surface area contributed by atoms with Crippen molar-refractivity contribution in [1.29, 1.82) is 0 Å². The molecule has 0 saturated heterocycles. The van der Waals surface area contributed by atoms with Gasteiger partial charge in [0.15, 0.2) is 0 Å². The summed E-state index contributed by atoms with van der Waals surface area (Å²) in [5.74, 6) is 1.43. The maximum absolute atomic E-state index is 5.48. The first-order chi connectivity index (χ1) is 7.11. The minimum Gasteiger partial charge on any atom is -0.475 e. The lowest BCUT2D eigenvalue weighted by Crippen LogP contribution is -2.15. The molecule has 0 spiro atoms. The average Bonchev–Trinajstić information content (AvgIpc) is 2.17. The lowest BCUT2D eigenvalue weighted by Gasteiger charge is -2.13. The molecule has 15 heavy (non-hydrogen) atoms. The number of ether oxygens (including phenoxy) is 1. The zero-order valence-electron chi connectivity index (χ0n) is 9.82. The van der Waals surface area contributed by atoms with E-state index in [1.165, 1.54) is 6.33 Å². The van der Waals surface area contributed by atoms with E-state index in [2.05, 4.69) is 29.1 Å². The van der Waals surface area contributed by atoms with Gasteiger partial charge in [-0.15, -0.1) is 0 Å². The summed E-state index contributed by atoms with van der Waals surface area (Å²) < 4.78 is 5.48. The summed E-state index contributed by atoms with van der Waals surface area (Å²) in [6.45, 7) is 8.20. The molecule has 1 heterocycles. The monoisotopic (exact) mass is 209 g/mol. The second kappa shape index (κ2) is 5.53. The summed E-state index contributed by atoms with van der Waals surface area (Å²) >= 11 is 0. The third-order valence-electron chi connectivity index (χ3n) is 2.01. The fraction of sp³-hybridized carbons (Fsp3) is 0.636. The number of aromatic nitrogens is 2. The van der Waals surface area contributed by atoms with E-state index >= 15 is 0 Å². The Kier molecular flexibility index (Phi) is 4.34. The summed E-state index contributed by atoms with van der Waals surface area (Å²) in [7, 11) is 0. The number of hydrogen-bond acceptors (Lipinski definition) is 4. The first-order valence-electron chi connectivity index (χ1n) is 5.37. The van der Waals surface area contributed by atoms with E-state index in [-0.39, 0.29) is 6.10 Å². The zero-order valence-corrected chi connectivity index (χ0v) is 9.82. The second-order valence-corrected chi connectivity index (χ2v) is 3.86. The predicted molar refractivity (Wildman–Crippen MR) is 61.2 cm³/mol. The number of rotatable bonds is 5. The molecule has 1 aromatic rings. The molecule has 1 aromatic heterocycles. The smallest absolute Gasteiger partial charge is 0.218 e. The van der Waals surface area contributed by atoms with E-state index in [0.717, 1.165) is 12.2 Å². The van der Waals surface area contributed by atoms with Crippen LogP contribution in [-0.4, -0.2) is 22.1 Å². The van der Waals surface area contributed by atoms with Gasteiger partial charge in [-0.05, 0) is 27.2 Å². The molecule has 0 bridgehead atoms. The molecule has 0 aliphatic carbocycles. The molecule has 1 unspecified atom stereocenters. The number of hydrogen-bond donors (Lipinski definition) is 1. The zero-order chi connectivity index (χ0) is 11.3. The van der Waals surface area contributed by atoms with Gasteiger partial charge in [0.25, 0.3) is 0 Å². The Hall–Kier alpha value is -1.32. The van der Waals surface area contributed by atoms with Crippen LogP contribution in [0.3, 0.4) is 0 Å². The standard InChI is InChI=1S/C11H19N3O/c1-5-9(4)14-10-6-11(13-7-12-10)15-8(2)3/h6-9H,5H2,1-4H3,(H,12,13,14). The molecular formula is C11H19N3O. The van der Waals surface area contributed by atoms with Gasteiger partial charge in [0.2, 0.25) is 5.88 Å². The predicted octanol–water partition coefficient (Wildman–Crippen LogP) is 2.47. The van der Waals surface area contributed by atoms with E-state index in [1.54, 1.807) is 0 Å². The van der Waals surface area contributed by atoms with Gasteiger partial charge in [0, 0.05) is 12.1 Å². The summed E-state index contributed by atoms with van der Waals surface area (Å²) in [6, 6.07) is 2.23. The van der Waals surface area contributed by atoms with Crippen molar-refractivity contribution in [3.63, 3.8) is 0 Å². The molecule has 0 aliphatic rings. The van der Waals surface area contributed by atoms with Crippen LogP contribution < -0.4 is 10.1 Å². The van der Waals surface area contributed by atoms with Gasteiger partial charge < -0.3 is 10.1 Å². The molecule has 0 fully saturated rings. The fourth-order valence-corrected chi connectivity index (χ4v) is 1.08. The van der Waals surface area contributed by atoms with Gasteiger partial charge in [-0.25, -0.2) is 9.97 Å². The molecule has 4 nitrogen and oxygen atoms in total. The third kappa shape index (κ3) is 4.14. The minimum absolute atomic E-state index is 0.136. The van der Waals surface area contributed by atoms with Crippen molar-refractivity contribution in [2.24, 2.45) is 0 Å². The Labute approximate surface area is 91.1 Å². The summed E-state index contributed by atoms with van der Waals surface area (Å²) in [5, 5.41) is 3.27.